The van der Waals surface area contributed by atoms with Crippen LogP contribution in [0.15, 0.2) is 42.7 Å². The summed E-state index contributed by atoms with van der Waals surface area (Å²) in [4.78, 5) is 25.9. The second-order valence-corrected chi connectivity index (χ2v) is 7.73. The van der Waals surface area contributed by atoms with Gasteiger partial charge in [-0.25, -0.2) is 9.97 Å². The third-order valence-electron chi connectivity index (χ3n) is 5.76. The summed E-state index contributed by atoms with van der Waals surface area (Å²) in [5.74, 6) is 1.92. The van der Waals surface area contributed by atoms with Gasteiger partial charge in [0.15, 0.2) is 0 Å². The maximum atomic E-state index is 12.8. The van der Waals surface area contributed by atoms with Gasteiger partial charge in [-0.1, -0.05) is 31.7 Å². The fraction of sp³-hybridized carbons (Fsp3) is 0.500. The molecule has 3 heterocycles. The molecule has 1 saturated carbocycles. The van der Waals surface area contributed by atoms with Crippen LogP contribution in [0.2, 0.25) is 0 Å². The van der Waals surface area contributed by atoms with Gasteiger partial charge in [0.2, 0.25) is 0 Å². The zero-order valence-corrected chi connectivity index (χ0v) is 16.4. The van der Waals surface area contributed by atoms with Crippen molar-refractivity contribution in [2.45, 2.75) is 44.6 Å². The highest BCUT2D eigenvalue weighted by Gasteiger charge is 2.23. The van der Waals surface area contributed by atoms with E-state index in [1.165, 1.54) is 38.5 Å². The predicted octanol–water partition coefficient (Wildman–Crippen LogP) is 3.57. The Hall–Kier alpha value is -2.63. The second-order valence-electron chi connectivity index (χ2n) is 7.73. The third kappa shape index (κ3) is 4.61. The highest BCUT2D eigenvalue weighted by Crippen LogP contribution is 2.21. The van der Waals surface area contributed by atoms with Gasteiger partial charge in [0.25, 0.3) is 5.91 Å². The molecule has 148 valence electrons. The Morgan fingerprint density at radius 2 is 1.71 bits per heavy atom. The third-order valence-corrected chi connectivity index (χ3v) is 5.76. The van der Waals surface area contributed by atoms with Crippen molar-refractivity contribution >= 4 is 17.5 Å². The fourth-order valence-electron chi connectivity index (χ4n) is 4.10. The lowest BCUT2D eigenvalue weighted by atomic mass is 10.1. The molecular formula is C22H29N5O. The first-order valence-corrected chi connectivity index (χ1v) is 10.5. The van der Waals surface area contributed by atoms with Crippen molar-refractivity contribution in [2.24, 2.45) is 0 Å². The average molecular weight is 380 g/mol. The smallest absolute Gasteiger partial charge is 0.255 e. The number of amides is 1. The van der Waals surface area contributed by atoms with Gasteiger partial charge in [-0.15, -0.1) is 0 Å². The number of hydrogen-bond donors (Lipinski definition) is 1. The number of nitrogens with one attached hydrogen (secondary N) is 1. The first-order chi connectivity index (χ1) is 13.8. The molecular weight excluding hydrogens is 350 g/mol. The molecule has 2 aromatic rings. The lowest BCUT2D eigenvalue weighted by Gasteiger charge is -2.35. The minimum atomic E-state index is 0.0641. The lowest BCUT2D eigenvalue weighted by molar-refractivity contribution is 0.0746. The van der Waals surface area contributed by atoms with Gasteiger partial charge in [-0.2, -0.15) is 0 Å². The summed E-state index contributed by atoms with van der Waals surface area (Å²) in [6.07, 6.45) is 11.2. The molecule has 6 heteroatoms. The number of nitrogens with zero attached hydrogens (tertiary/aromatic N) is 4. The van der Waals surface area contributed by atoms with Crippen LogP contribution in [0.3, 0.4) is 0 Å². The minimum Gasteiger partial charge on any atom is -0.367 e. The molecule has 1 aliphatic carbocycles. The standard InChI is InChI=1S/C22H29N5O/c28-22(27-15-13-26(14-16-27)21-9-5-6-12-23-21)18-10-11-20(24-17-18)25-19-7-3-1-2-4-8-19/h5-6,9-12,17,19H,1-4,7-8,13-16H2,(H,24,25). The number of carbonyl (C=O) groups is 1. The number of hydrogen-bond acceptors (Lipinski definition) is 5. The van der Waals surface area contributed by atoms with Crippen molar-refractivity contribution in [3.05, 3.63) is 48.3 Å². The molecule has 0 aromatic carbocycles. The molecule has 2 aromatic heterocycles. The topological polar surface area (TPSA) is 61.4 Å². The zero-order chi connectivity index (χ0) is 19.2. The van der Waals surface area contributed by atoms with E-state index in [2.05, 4.69) is 20.2 Å². The Kier molecular flexibility index (Phi) is 6.04. The van der Waals surface area contributed by atoms with E-state index >= 15 is 0 Å². The van der Waals surface area contributed by atoms with Crippen LogP contribution in [-0.2, 0) is 0 Å². The summed E-state index contributed by atoms with van der Waals surface area (Å²) in [6.45, 7) is 3.02. The number of pyridine rings is 2. The molecule has 28 heavy (non-hydrogen) atoms. The van der Waals surface area contributed by atoms with Crippen molar-refractivity contribution in [1.29, 1.82) is 0 Å². The van der Waals surface area contributed by atoms with Gasteiger partial charge >= 0.3 is 0 Å². The number of carbonyl (C=O) groups excluding carboxylic acids is 1. The zero-order valence-electron chi connectivity index (χ0n) is 16.4. The predicted molar refractivity (Wildman–Crippen MR) is 112 cm³/mol. The van der Waals surface area contributed by atoms with E-state index in [0.717, 1.165) is 24.7 Å². The van der Waals surface area contributed by atoms with E-state index in [1.54, 1.807) is 6.20 Å². The summed E-state index contributed by atoms with van der Waals surface area (Å²) < 4.78 is 0. The van der Waals surface area contributed by atoms with Crippen LogP contribution in [0, 0.1) is 0 Å². The fourth-order valence-corrected chi connectivity index (χ4v) is 4.10. The van der Waals surface area contributed by atoms with E-state index < -0.39 is 0 Å². The van der Waals surface area contributed by atoms with Crippen molar-refractivity contribution < 1.29 is 4.79 Å². The summed E-state index contributed by atoms with van der Waals surface area (Å²) in [5.41, 5.74) is 0.665. The Balaban J connectivity index is 1.31. The van der Waals surface area contributed by atoms with Crippen LogP contribution in [0.25, 0.3) is 0 Å². The van der Waals surface area contributed by atoms with Gasteiger partial charge in [-0.3, -0.25) is 4.79 Å². The maximum Gasteiger partial charge on any atom is 0.255 e. The summed E-state index contributed by atoms with van der Waals surface area (Å²) >= 11 is 0. The first kappa shape index (κ1) is 18.7. The molecule has 1 aliphatic heterocycles. The van der Waals surface area contributed by atoms with Crippen LogP contribution in [-0.4, -0.2) is 53.0 Å². The molecule has 6 nitrogen and oxygen atoms in total. The molecule has 1 saturated heterocycles. The largest absolute Gasteiger partial charge is 0.367 e. The normalized spacial score (nSPS) is 18.6. The van der Waals surface area contributed by atoms with E-state index in [4.69, 9.17) is 0 Å². The van der Waals surface area contributed by atoms with E-state index in [-0.39, 0.29) is 5.91 Å². The lowest BCUT2D eigenvalue weighted by Crippen LogP contribution is -2.49. The van der Waals surface area contributed by atoms with Crippen LogP contribution in [0.4, 0.5) is 11.6 Å². The number of piperazine rings is 1. The van der Waals surface area contributed by atoms with Gasteiger partial charge in [0.05, 0.1) is 5.56 Å². The van der Waals surface area contributed by atoms with Crippen LogP contribution >= 0.6 is 0 Å². The van der Waals surface area contributed by atoms with Crippen molar-refractivity contribution in [3.8, 4) is 0 Å². The molecule has 0 spiro atoms. The molecule has 0 atom stereocenters. The Bertz CT molecular complexity index is 748. The monoisotopic (exact) mass is 379 g/mol. The number of anilines is 2. The summed E-state index contributed by atoms with van der Waals surface area (Å²) in [7, 11) is 0. The minimum absolute atomic E-state index is 0.0641. The highest BCUT2D eigenvalue weighted by molar-refractivity contribution is 5.94. The molecule has 1 N–H and O–H groups in total. The average Bonchev–Trinajstić information content (AvgIpc) is 3.03. The van der Waals surface area contributed by atoms with Gasteiger partial charge in [0, 0.05) is 44.6 Å². The maximum absolute atomic E-state index is 12.8. The van der Waals surface area contributed by atoms with E-state index in [0.29, 0.717) is 24.7 Å². The second kappa shape index (κ2) is 9.04. The SMILES string of the molecule is O=C(c1ccc(NC2CCCCCC2)nc1)N1CCN(c2ccccn2)CC1. The Morgan fingerprint density at radius 3 is 2.36 bits per heavy atom. The van der Waals surface area contributed by atoms with Crippen LogP contribution in [0.5, 0.6) is 0 Å². The van der Waals surface area contributed by atoms with E-state index in [9.17, 15) is 4.79 Å². The molecule has 0 unspecified atom stereocenters. The highest BCUT2D eigenvalue weighted by atomic mass is 16.2. The summed E-state index contributed by atoms with van der Waals surface area (Å²) in [5, 5.41) is 3.54. The number of aromatic nitrogens is 2. The van der Waals surface area contributed by atoms with Gasteiger partial charge in [-0.05, 0) is 37.1 Å². The quantitative estimate of drug-likeness (QED) is 0.823. The molecule has 0 radical (unpaired) electrons. The molecule has 2 fully saturated rings. The molecule has 2 aliphatic rings. The molecule has 0 bridgehead atoms. The van der Waals surface area contributed by atoms with Crippen molar-refractivity contribution in [2.75, 3.05) is 36.4 Å². The van der Waals surface area contributed by atoms with Gasteiger partial charge in [0.1, 0.15) is 11.6 Å². The molecule has 4 rings (SSSR count). The summed E-state index contributed by atoms with van der Waals surface area (Å²) in [6, 6.07) is 10.3. The number of rotatable bonds is 4. The molecule has 1 amide bonds. The van der Waals surface area contributed by atoms with Crippen molar-refractivity contribution in [3.63, 3.8) is 0 Å². The van der Waals surface area contributed by atoms with Crippen LogP contribution in [0.1, 0.15) is 48.9 Å². The van der Waals surface area contributed by atoms with Gasteiger partial charge < -0.3 is 15.1 Å². The van der Waals surface area contributed by atoms with E-state index in [1.807, 2.05) is 41.4 Å². The Labute approximate surface area is 167 Å². The van der Waals surface area contributed by atoms with Crippen molar-refractivity contribution in [1.82, 2.24) is 14.9 Å². The van der Waals surface area contributed by atoms with Crippen LogP contribution < -0.4 is 10.2 Å². The Morgan fingerprint density at radius 1 is 0.929 bits per heavy atom. The first-order valence-electron chi connectivity index (χ1n) is 10.5.